The summed E-state index contributed by atoms with van der Waals surface area (Å²) in [6, 6.07) is 14.0. The average molecular weight is 414 g/mol. The first-order chi connectivity index (χ1) is 13.5. The fourth-order valence-corrected chi connectivity index (χ4v) is 3.85. The second-order valence-electron chi connectivity index (χ2n) is 5.64. The Morgan fingerprint density at radius 3 is 2.57 bits per heavy atom. The number of carboxylic acid groups (broad SMARTS) is 1. The Labute approximate surface area is 171 Å². The van der Waals surface area contributed by atoms with Crippen LogP contribution in [0.1, 0.15) is 12.5 Å². The molecular formula is C20H16NO5S2-. The van der Waals surface area contributed by atoms with Crippen molar-refractivity contribution < 1.29 is 24.2 Å². The monoisotopic (exact) mass is 414 g/mol. The molecule has 1 fully saturated rings. The van der Waals surface area contributed by atoms with E-state index >= 15 is 0 Å². The Morgan fingerprint density at radius 2 is 1.89 bits per heavy atom. The number of para-hydroxylation sites is 1. The molecule has 1 aliphatic rings. The van der Waals surface area contributed by atoms with E-state index in [-0.39, 0.29) is 5.91 Å². The number of amides is 1. The van der Waals surface area contributed by atoms with Gasteiger partial charge in [0.05, 0.1) is 23.2 Å². The molecule has 0 bridgehead atoms. The molecular weight excluding hydrogens is 398 g/mol. The maximum Gasteiger partial charge on any atom is 0.270 e. The minimum absolute atomic E-state index is 0.256. The summed E-state index contributed by atoms with van der Waals surface area (Å²) in [7, 11) is 0. The number of ether oxygens (including phenoxy) is 2. The quantitative estimate of drug-likeness (QED) is 0.509. The third kappa shape index (κ3) is 4.52. The van der Waals surface area contributed by atoms with E-state index in [4.69, 9.17) is 21.7 Å². The van der Waals surface area contributed by atoms with Crippen LogP contribution in [0, 0.1) is 0 Å². The van der Waals surface area contributed by atoms with Gasteiger partial charge in [0.15, 0.2) is 4.32 Å². The number of carbonyl (C=O) groups excluding carboxylic acids is 2. The molecule has 144 valence electrons. The third-order valence-corrected chi connectivity index (χ3v) is 5.05. The van der Waals surface area contributed by atoms with Gasteiger partial charge in [-0.15, -0.1) is 0 Å². The van der Waals surface area contributed by atoms with Crippen LogP contribution < -0.4 is 19.5 Å². The van der Waals surface area contributed by atoms with E-state index in [1.54, 1.807) is 54.6 Å². The molecule has 1 aliphatic heterocycles. The van der Waals surface area contributed by atoms with E-state index in [1.807, 2.05) is 6.92 Å². The lowest BCUT2D eigenvalue weighted by atomic mass is 10.2. The molecule has 0 radical (unpaired) electrons. The minimum atomic E-state index is -1.32. The highest BCUT2D eigenvalue weighted by Gasteiger charge is 2.33. The zero-order valence-electron chi connectivity index (χ0n) is 14.9. The van der Waals surface area contributed by atoms with Crippen LogP contribution in [0.15, 0.2) is 53.4 Å². The number of anilines is 1. The fourth-order valence-electron chi connectivity index (χ4n) is 2.56. The van der Waals surface area contributed by atoms with Crippen LogP contribution in [0.2, 0.25) is 0 Å². The number of thiocarbonyl (C=S) groups is 1. The van der Waals surface area contributed by atoms with Gasteiger partial charge >= 0.3 is 0 Å². The summed E-state index contributed by atoms with van der Waals surface area (Å²) in [5.74, 6) is -0.519. The number of rotatable bonds is 7. The van der Waals surface area contributed by atoms with Gasteiger partial charge in [0, 0.05) is 5.56 Å². The van der Waals surface area contributed by atoms with Crippen LogP contribution in [-0.2, 0) is 9.59 Å². The van der Waals surface area contributed by atoms with Crippen molar-refractivity contribution in [3.63, 3.8) is 0 Å². The van der Waals surface area contributed by atoms with E-state index < -0.39 is 12.6 Å². The van der Waals surface area contributed by atoms with E-state index in [2.05, 4.69) is 0 Å². The Kier molecular flexibility index (Phi) is 6.33. The molecule has 28 heavy (non-hydrogen) atoms. The van der Waals surface area contributed by atoms with E-state index in [1.165, 1.54) is 16.7 Å². The van der Waals surface area contributed by atoms with Gasteiger partial charge in [-0.3, -0.25) is 9.69 Å². The smallest absolute Gasteiger partial charge is 0.270 e. The van der Waals surface area contributed by atoms with Crippen molar-refractivity contribution in [2.45, 2.75) is 6.92 Å². The van der Waals surface area contributed by atoms with Crippen molar-refractivity contribution in [2.24, 2.45) is 0 Å². The molecule has 6 nitrogen and oxygen atoms in total. The summed E-state index contributed by atoms with van der Waals surface area (Å²) in [5.41, 5.74) is 1.23. The molecule has 1 saturated heterocycles. The van der Waals surface area contributed by atoms with Crippen LogP contribution in [-0.4, -0.2) is 29.4 Å². The fraction of sp³-hybridized carbons (Fsp3) is 0.150. The molecule has 0 atom stereocenters. The predicted octanol–water partition coefficient (Wildman–Crippen LogP) is 2.62. The van der Waals surface area contributed by atoms with Crippen molar-refractivity contribution in [3.8, 4) is 11.5 Å². The molecule has 8 heteroatoms. The van der Waals surface area contributed by atoms with Gasteiger partial charge in [0.1, 0.15) is 18.1 Å². The first-order valence-electron chi connectivity index (χ1n) is 8.42. The maximum absolute atomic E-state index is 12.9. The Bertz CT molecular complexity index is 940. The highest BCUT2D eigenvalue weighted by molar-refractivity contribution is 8.27. The SMILES string of the molecule is CCOc1ccc(N2C(=O)/C(=C/c3ccccc3OCC(=O)[O-])SC2=S)cc1. The summed E-state index contributed by atoms with van der Waals surface area (Å²) >= 11 is 6.55. The van der Waals surface area contributed by atoms with Gasteiger partial charge in [-0.05, 0) is 43.3 Å². The highest BCUT2D eigenvalue weighted by Crippen LogP contribution is 2.37. The van der Waals surface area contributed by atoms with Crippen molar-refractivity contribution in [3.05, 3.63) is 59.0 Å². The molecule has 0 unspecified atom stereocenters. The molecule has 3 rings (SSSR count). The number of hydrogen-bond donors (Lipinski definition) is 0. The lowest BCUT2D eigenvalue weighted by Gasteiger charge is -2.15. The first kappa shape index (κ1) is 19.9. The molecule has 0 aromatic heterocycles. The van der Waals surface area contributed by atoms with Gasteiger partial charge in [-0.1, -0.05) is 42.2 Å². The standard InChI is InChI=1S/C20H17NO5S2/c1-2-25-15-9-7-14(8-10-15)21-19(24)17(28-20(21)27)11-13-5-3-4-6-16(13)26-12-18(22)23/h3-11H,2,12H2,1H3,(H,22,23)/p-1/b17-11-. The summed E-state index contributed by atoms with van der Waals surface area (Å²) < 4.78 is 11.1. The number of benzene rings is 2. The largest absolute Gasteiger partial charge is 0.546 e. The predicted molar refractivity (Wildman–Crippen MR) is 110 cm³/mol. The molecule has 0 aliphatic carbocycles. The average Bonchev–Trinajstić information content (AvgIpc) is 2.95. The zero-order valence-corrected chi connectivity index (χ0v) is 16.5. The van der Waals surface area contributed by atoms with E-state index in [0.717, 1.165) is 0 Å². The summed E-state index contributed by atoms with van der Waals surface area (Å²) in [6.45, 7) is 1.88. The van der Waals surface area contributed by atoms with Crippen LogP contribution >= 0.6 is 24.0 Å². The lowest BCUT2D eigenvalue weighted by Crippen LogP contribution is -2.29. The van der Waals surface area contributed by atoms with Crippen molar-refractivity contribution in [1.82, 2.24) is 0 Å². The third-order valence-electron chi connectivity index (χ3n) is 3.75. The maximum atomic E-state index is 12.9. The molecule has 1 heterocycles. The summed E-state index contributed by atoms with van der Waals surface area (Å²) in [5, 5.41) is 10.6. The van der Waals surface area contributed by atoms with Gasteiger partial charge in [0.2, 0.25) is 0 Å². The molecule has 0 N–H and O–H groups in total. The lowest BCUT2D eigenvalue weighted by molar-refractivity contribution is -0.307. The molecule has 0 saturated carbocycles. The number of nitrogens with zero attached hydrogens (tertiary/aromatic N) is 1. The number of hydrogen-bond acceptors (Lipinski definition) is 7. The van der Waals surface area contributed by atoms with E-state index in [9.17, 15) is 14.7 Å². The number of thioether (sulfide) groups is 1. The highest BCUT2D eigenvalue weighted by atomic mass is 32.2. The first-order valence-corrected chi connectivity index (χ1v) is 9.64. The van der Waals surface area contributed by atoms with Crippen LogP contribution in [0.5, 0.6) is 11.5 Å². The van der Waals surface area contributed by atoms with Crippen LogP contribution in [0.25, 0.3) is 6.08 Å². The van der Waals surface area contributed by atoms with Crippen LogP contribution in [0.3, 0.4) is 0 Å². The topological polar surface area (TPSA) is 78.9 Å². The van der Waals surface area contributed by atoms with Crippen molar-refractivity contribution in [1.29, 1.82) is 0 Å². The van der Waals surface area contributed by atoms with E-state index in [0.29, 0.717) is 38.6 Å². The Hall–Kier alpha value is -2.84. The van der Waals surface area contributed by atoms with Gasteiger partial charge < -0.3 is 19.4 Å². The van der Waals surface area contributed by atoms with Gasteiger partial charge in [-0.25, -0.2) is 0 Å². The number of carboxylic acids is 1. The number of aliphatic carboxylic acids is 1. The number of carbonyl (C=O) groups is 2. The summed E-state index contributed by atoms with van der Waals surface area (Å²) in [4.78, 5) is 25.4. The Balaban J connectivity index is 1.84. The van der Waals surface area contributed by atoms with Crippen molar-refractivity contribution in [2.75, 3.05) is 18.1 Å². The Morgan fingerprint density at radius 1 is 1.18 bits per heavy atom. The van der Waals surface area contributed by atoms with Crippen LogP contribution in [0.4, 0.5) is 5.69 Å². The van der Waals surface area contributed by atoms with Gasteiger partial charge in [-0.2, -0.15) is 0 Å². The normalized spacial score (nSPS) is 15.2. The molecule has 2 aromatic carbocycles. The molecule has 0 spiro atoms. The minimum Gasteiger partial charge on any atom is -0.546 e. The summed E-state index contributed by atoms with van der Waals surface area (Å²) in [6.07, 6.45) is 1.64. The second kappa shape index (κ2) is 8.90. The van der Waals surface area contributed by atoms with Crippen molar-refractivity contribution >= 4 is 51.9 Å². The molecule has 1 amide bonds. The second-order valence-corrected chi connectivity index (χ2v) is 7.32. The van der Waals surface area contributed by atoms with Gasteiger partial charge in [0.25, 0.3) is 5.91 Å². The molecule has 2 aromatic rings. The zero-order chi connectivity index (χ0) is 20.1.